The van der Waals surface area contributed by atoms with Gasteiger partial charge in [0.2, 0.25) is 5.91 Å². The molecule has 2 aromatic rings. The summed E-state index contributed by atoms with van der Waals surface area (Å²) in [5.74, 6) is -1.71. The first-order chi connectivity index (χ1) is 13.3. The minimum Gasteiger partial charge on any atom is -0.468 e. The average Bonchev–Trinajstić information content (AvgIpc) is 3.11. The Labute approximate surface area is 174 Å². The summed E-state index contributed by atoms with van der Waals surface area (Å²) in [5.41, 5.74) is 0.671. The van der Waals surface area contributed by atoms with Crippen molar-refractivity contribution in [2.75, 3.05) is 32.6 Å². The molecule has 0 spiro atoms. The van der Waals surface area contributed by atoms with Gasteiger partial charge in [0.15, 0.2) is 0 Å². The lowest BCUT2D eigenvalue weighted by Gasteiger charge is -2.16. The van der Waals surface area contributed by atoms with E-state index in [4.69, 9.17) is 0 Å². The van der Waals surface area contributed by atoms with Gasteiger partial charge in [-0.2, -0.15) is 0 Å². The summed E-state index contributed by atoms with van der Waals surface area (Å²) in [5, 5.41) is 5.06. The van der Waals surface area contributed by atoms with Gasteiger partial charge in [0, 0.05) is 18.3 Å². The molecule has 0 bridgehead atoms. The van der Waals surface area contributed by atoms with Crippen LogP contribution in [0.1, 0.15) is 20.0 Å². The Kier molecular flexibility index (Phi) is 7.70. The standard InChI is InChI=1S/C18H18BrN3O5S/c1-22(18(26)13-6-7-14(19)28-13)10-15(23)21-12-5-3-4-11(8-12)17(25)20-9-16(24)27-2/h3-8H,9-10H2,1-2H3,(H,20,25)(H,21,23). The fourth-order valence-electron chi connectivity index (χ4n) is 2.17. The first kappa shape index (κ1) is 21.6. The molecule has 1 heterocycles. The molecule has 0 aliphatic heterocycles. The number of esters is 1. The maximum atomic E-state index is 12.3. The van der Waals surface area contributed by atoms with E-state index >= 15 is 0 Å². The van der Waals surface area contributed by atoms with Crippen LogP contribution in [0, 0.1) is 0 Å². The third-order valence-corrected chi connectivity index (χ3v) is 5.15. The Morgan fingerprint density at radius 1 is 1.18 bits per heavy atom. The number of methoxy groups -OCH3 is 1. The minimum atomic E-state index is -0.566. The van der Waals surface area contributed by atoms with Crippen LogP contribution < -0.4 is 10.6 Å². The summed E-state index contributed by atoms with van der Waals surface area (Å²) >= 11 is 4.58. The Hall–Kier alpha value is -2.72. The average molecular weight is 468 g/mol. The molecule has 2 N–H and O–H groups in total. The summed E-state index contributed by atoms with van der Waals surface area (Å²) < 4.78 is 5.29. The predicted molar refractivity (Wildman–Crippen MR) is 108 cm³/mol. The van der Waals surface area contributed by atoms with Gasteiger partial charge in [-0.15, -0.1) is 11.3 Å². The van der Waals surface area contributed by atoms with Crippen molar-refractivity contribution in [3.63, 3.8) is 0 Å². The number of amides is 3. The predicted octanol–water partition coefficient (Wildman–Crippen LogP) is 2.12. The molecule has 1 aromatic carbocycles. The van der Waals surface area contributed by atoms with E-state index < -0.39 is 17.8 Å². The number of carbonyl (C=O) groups is 4. The largest absolute Gasteiger partial charge is 0.468 e. The molecular formula is C18H18BrN3O5S. The third kappa shape index (κ3) is 6.17. The van der Waals surface area contributed by atoms with Crippen LogP contribution in [0.2, 0.25) is 0 Å². The van der Waals surface area contributed by atoms with Gasteiger partial charge in [0.25, 0.3) is 11.8 Å². The fraction of sp³-hybridized carbons (Fsp3) is 0.222. The van der Waals surface area contributed by atoms with Crippen molar-refractivity contribution in [1.29, 1.82) is 0 Å². The Morgan fingerprint density at radius 3 is 2.57 bits per heavy atom. The second-order valence-corrected chi connectivity index (χ2v) is 8.12. The molecule has 0 fully saturated rings. The number of halogens is 1. The van der Waals surface area contributed by atoms with Crippen molar-refractivity contribution in [2.24, 2.45) is 0 Å². The number of anilines is 1. The van der Waals surface area contributed by atoms with Crippen LogP contribution in [0.4, 0.5) is 5.69 Å². The molecule has 148 valence electrons. The molecule has 0 atom stereocenters. The van der Waals surface area contributed by atoms with E-state index in [-0.39, 0.29) is 24.6 Å². The van der Waals surface area contributed by atoms with Gasteiger partial charge < -0.3 is 20.3 Å². The van der Waals surface area contributed by atoms with Crippen molar-refractivity contribution >= 4 is 56.6 Å². The number of thiophene rings is 1. The number of carbonyl (C=O) groups excluding carboxylic acids is 4. The van der Waals surface area contributed by atoms with Gasteiger partial charge in [0.05, 0.1) is 22.3 Å². The van der Waals surface area contributed by atoms with E-state index in [9.17, 15) is 19.2 Å². The van der Waals surface area contributed by atoms with Crippen molar-refractivity contribution in [3.05, 3.63) is 50.6 Å². The molecule has 28 heavy (non-hydrogen) atoms. The Morgan fingerprint density at radius 2 is 1.93 bits per heavy atom. The van der Waals surface area contributed by atoms with Crippen molar-refractivity contribution in [1.82, 2.24) is 10.2 Å². The Balaban J connectivity index is 1.93. The van der Waals surface area contributed by atoms with E-state index in [2.05, 4.69) is 31.3 Å². The molecule has 0 aliphatic rings. The van der Waals surface area contributed by atoms with Gasteiger partial charge in [-0.25, -0.2) is 0 Å². The van der Waals surface area contributed by atoms with Crippen molar-refractivity contribution in [3.8, 4) is 0 Å². The highest BCUT2D eigenvalue weighted by Crippen LogP contribution is 2.23. The molecule has 0 aliphatic carbocycles. The van der Waals surface area contributed by atoms with Gasteiger partial charge in [-0.3, -0.25) is 19.2 Å². The van der Waals surface area contributed by atoms with E-state index in [0.29, 0.717) is 10.6 Å². The molecule has 0 saturated heterocycles. The van der Waals surface area contributed by atoms with Crippen LogP contribution in [0.15, 0.2) is 40.2 Å². The molecule has 10 heteroatoms. The quantitative estimate of drug-likeness (QED) is 0.606. The molecule has 3 amide bonds. The fourth-order valence-corrected chi connectivity index (χ4v) is 3.55. The van der Waals surface area contributed by atoms with E-state index in [1.165, 1.54) is 36.5 Å². The van der Waals surface area contributed by atoms with Crippen LogP contribution in [-0.2, 0) is 14.3 Å². The van der Waals surface area contributed by atoms with Gasteiger partial charge in [-0.05, 0) is 46.3 Å². The van der Waals surface area contributed by atoms with E-state index in [1.54, 1.807) is 30.3 Å². The number of nitrogens with zero attached hydrogens (tertiary/aromatic N) is 1. The zero-order valence-corrected chi connectivity index (χ0v) is 17.6. The molecular weight excluding hydrogens is 450 g/mol. The van der Waals surface area contributed by atoms with Gasteiger partial charge >= 0.3 is 5.97 Å². The normalized spacial score (nSPS) is 10.1. The molecule has 8 nitrogen and oxygen atoms in total. The van der Waals surface area contributed by atoms with Crippen LogP contribution in [0.3, 0.4) is 0 Å². The molecule has 1 aromatic heterocycles. The first-order valence-corrected chi connectivity index (χ1v) is 9.67. The zero-order valence-electron chi connectivity index (χ0n) is 15.2. The number of hydrogen-bond donors (Lipinski definition) is 2. The smallest absolute Gasteiger partial charge is 0.325 e. The summed E-state index contributed by atoms with van der Waals surface area (Å²) in [7, 11) is 2.76. The second-order valence-electron chi connectivity index (χ2n) is 5.65. The number of nitrogens with one attached hydrogen (secondary N) is 2. The summed E-state index contributed by atoms with van der Waals surface area (Å²) in [4.78, 5) is 49.5. The lowest BCUT2D eigenvalue weighted by atomic mass is 10.2. The van der Waals surface area contributed by atoms with Crippen LogP contribution in [-0.4, -0.2) is 55.8 Å². The van der Waals surface area contributed by atoms with Crippen molar-refractivity contribution in [2.45, 2.75) is 0 Å². The second kappa shape index (κ2) is 10.00. The van der Waals surface area contributed by atoms with E-state index in [0.717, 1.165) is 3.79 Å². The highest BCUT2D eigenvalue weighted by Gasteiger charge is 2.17. The van der Waals surface area contributed by atoms with Gasteiger partial charge in [0.1, 0.15) is 6.54 Å². The molecule has 0 unspecified atom stereocenters. The first-order valence-electron chi connectivity index (χ1n) is 8.06. The lowest BCUT2D eigenvalue weighted by molar-refractivity contribution is -0.139. The number of rotatable bonds is 7. The topological polar surface area (TPSA) is 105 Å². The Bertz CT molecular complexity index is 899. The number of ether oxygens (including phenoxy) is 1. The van der Waals surface area contributed by atoms with Crippen LogP contribution in [0.5, 0.6) is 0 Å². The molecule has 0 radical (unpaired) electrons. The zero-order chi connectivity index (χ0) is 20.7. The monoisotopic (exact) mass is 467 g/mol. The van der Waals surface area contributed by atoms with Gasteiger partial charge in [-0.1, -0.05) is 6.07 Å². The lowest BCUT2D eigenvalue weighted by Crippen LogP contribution is -2.34. The maximum Gasteiger partial charge on any atom is 0.325 e. The summed E-state index contributed by atoms with van der Waals surface area (Å²) in [6.45, 7) is -0.398. The molecule has 0 saturated carbocycles. The minimum absolute atomic E-state index is 0.146. The summed E-state index contributed by atoms with van der Waals surface area (Å²) in [6, 6.07) is 9.69. The summed E-state index contributed by atoms with van der Waals surface area (Å²) in [6.07, 6.45) is 0. The van der Waals surface area contributed by atoms with Crippen LogP contribution >= 0.6 is 27.3 Å². The number of hydrogen-bond acceptors (Lipinski definition) is 6. The number of benzene rings is 1. The highest BCUT2D eigenvalue weighted by atomic mass is 79.9. The SMILES string of the molecule is COC(=O)CNC(=O)c1cccc(NC(=O)CN(C)C(=O)c2ccc(Br)s2)c1. The van der Waals surface area contributed by atoms with E-state index in [1.807, 2.05) is 0 Å². The maximum absolute atomic E-state index is 12.3. The molecule has 2 rings (SSSR count). The highest BCUT2D eigenvalue weighted by molar-refractivity contribution is 9.11. The van der Waals surface area contributed by atoms with Crippen LogP contribution in [0.25, 0.3) is 0 Å². The number of likely N-dealkylation sites (N-methyl/N-ethyl adjacent to an activating group) is 1. The third-order valence-electron chi connectivity index (χ3n) is 3.54. The van der Waals surface area contributed by atoms with Crippen molar-refractivity contribution < 1.29 is 23.9 Å².